The lowest BCUT2D eigenvalue weighted by Crippen LogP contribution is -2.06. The normalized spacial score (nSPS) is 10.8. The first-order chi connectivity index (χ1) is 12.7. The van der Waals surface area contributed by atoms with Crippen molar-refractivity contribution >= 4 is 39.8 Å². The van der Waals surface area contributed by atoms with Gasteiger partial charge in [-0.05, 0) is 29.6 Å². The van der Waals surface area contributed by atoms with E-state index in [1.165, 1.54) is 0 Å². The van der Waals surface area contributed by atoms with Gasteiger partial charge in [-0.25, -0.2) is 9.78 Å². The van der Waals surface area contributed by atoms with Crippen LogP contribution in [0.15, 0.2) is 72.1 Å². The number of esters is 1. The standard InChI is InChI=1S/C21H14ClNO2S/c22-18-9-3-1-8-16(18)20-12-17(15-7-2-4-10-19(15)23-20)21(24)25-13-14-6-5-11-26-14/h1-12H,13H2. The zero-order valence-electron chi connectivity index (χ0n) is 13.7. The van der Waals surface area contributed by atoms with Crippen molar-refractivity contribution in [2.45, 2.75) is 6.61 Å². The van der Waals surface area contributed by atoms with E-state index in [0.29, 0.717) is 16.3 Å². The minimum absolute atomic E-state index is 0.259. The number of aromatic nitrogens is 1. The number of rotatable bonds is 4. The number of hydrogen-bond acceptors (Lipinski definition) is 4. The highest BCUT2D eigenvalue weighted by molar-refractivity contribution is 7.09. The summed E-state index contributed by atoms with van der Waals surface area (Å²) in [6.45, 7) is 0.259. The Morgan fingerprint density at radius 2 is 1.85 bits per heavy atom. The number of pyridine rings is 1. The van der Waals surface area contributed by atoms with Crippen LogP contribution in [-0.4, -0.2) is 11.0 Å². The number of ether oxygens (including phenoxy) is 1. The fourth-order valence-electron chi connectivity index (χ4n) is 2.76. The number of carbonyl (C=O) groups is 1. The maximum Gasteiger partial charge on any atom is 0.339 e. The Morgan fingerprint density at radius 1 is 1.04 bits per heavy atom. The van der Waals surface area contributed by atoms with E-state index in [4.69, 9.17) is 16.3 Å². The van der Waals surface area contributed by atoms with Crippen molar-refractivity contribution < 1.29 is 9.53 Å². The van der Waals surface area contributed by atoms with Gasteiger partial charge < -0.3 is 4.74 Å². The van der Waals surface area contributed by atoms with Gasteiger partial charge in [-0.1, -0.05) is 54.1 Å². The second-order valence-corrected chi connectivity index (χ2v) is 7.15. The number of fused-ring (bicyclic) bond motifs is 1. The monoisotopic (exact) mass is 379 g/mol. The largest absolute Gasteiger partial charge is 0.456 e. The minimum atomic E-state index is -0.370. The molecule has 128 valence electrons. The van der Waals surface area contributed by atoms with Gasteiger partial charge in [-0.15, -0.1) is 11.3 Å². The highest BCUT2D eigenvalue weighted by Gasteiger charge is 2.16. The summed E-state index contributed by atoms with van der Waals surface area (Å²) >= 11 is 7.87. The zero-order chi connectivity index (χ0) is 17.9. The molecule has 0 aliphatic rings. The molecule has 4 aromatic rings. The zero-order valence-corrected chi connectivity index (χ0v) is 15.3. The molecule has 0 amide bonds. The summed E-state index contributed by atoms with van der Waals surface area (Å²) in [5.41, 5.74) is 2.65. The van der Waals surface area contributed by atoms with Gasteiger partial charge in [0.2, 0.25) is 0 Å². The number of thiophene rings is 1. The van der Waals surface area contributed by atoms with Crippen LogP contribution in [0, 0.1) is 0 Å². The lowest BCUT2D eigenvalue weighted by Gasteiger charge is -2.10. The van der Waals surface area contributed by atoms with Crippen molar-refractivity contribution in [1.29, 1.82) is 0 Å². The highest BCUT2D eigenvalue weighted by atomic mass is 35.5. The smallest absolute Gasteiger partial charge is 0.339 e. The van der Waals surface area contributed by atoms with E-state index >= 15 is 0 Å². The summed E-state index contributed by atoms with van der Waals surface area (Å²) in [4.78, 5) is 18.4. The van der Waals surface area contributed by atoms with Gasteiger partial charge in [0.15, 0.2) is 0 Å². The fourth-order valence-corrected chi connectivity index (χ4v) is 3.61. The molecule has 0 unspecified atom stereocenters. The molecule has 2 heterocycles. The fraction of sp³-hybridized carbons (Fsp3) is 0.0476. The third-order valence-electron chi connectivity index (χ3n) is 4.01. The quantitative estimate of drug-likeness (QED) is 0.410. The van der Waals surface area contributed by atoms with Gasteiger partial charge >= 0.3 is 5.97 Å². The molecule has 0 saturated heterocycles. The number of carbonyl (C=O) groups excluding carboxylic acids is 1. The molecule has 0 bridgehead atoms. The highest BCUT2D eigenvalue weighted by Crippen LogP contribution is 2.30. The number of nitrogens with zero attached hydrogens (tertiary/aromatic N) is 1. The maximum absolute atomic E-state index is 12.7. The molecule has 0 N–H and O–H groups in total. The van der Waals surface area contributed by atoms with Crippen LogP contribution in [0.2, 0.25) is 5.02 Å². The van der Waals surface area contributed by atoms with Gasteiger partial charge in [0.25, 0.3) is 0 Å². The van der Waals surface area contributed by atoms with Crippen molar-refractivity contribution in [3.8, 4) is 11.3 Å². The van der Waals surface area contributed by atoms with Crippen molar-refractivity contribution in [2.24, 2.45) is 0 Å². The topological polar surface area (TPSA) is 39.2 Å². The molecule has 5 heteroatoms. The molecule has 0 aliphatic heterocycles. The molecule has 0 aliphatic carbocycles. The summed E-state index contributed by atoms with van der Waals surface area (Å²) in [6, 6.07) is 20.6. The third-order valence-corrected chi connectivity index (χ3v) is 5.19. The summed E-state index contributed by atoms with van der Waals surface area (Å²) in [5, 5.41) is 3.31. The lowest BCUT2D eigenvalue weighted by atomic mass is 10.0. The molecule has 4 rings (SSSR count). The average Bonchev–Trinajstić information content (AvgIpc) is 3.19. The van der Waals surface area contributed by atoms with Crippen LogP contribution in [0.4, 0.5) is 0 Å². The molecule has 2 aromatic carbocycles. The van der Waals surface area contributed by atoms with Crippen molar-refractivity contribution in [3.05, 3.63) is 87.6 Å². The summed E-state index contributed by atoms with van der Waals surface area (Å²) < 4.78 is 5.51. The number of para-hydroxylation sites is 1. The van der Waals surface area contributed by atoms with Crippen LogP contribution in [0.3, 0.4) is 0 Å². The van der Waals surface area contributed by atoms with Crippen LogP contribution in [0.5, 0.6) is 0 Å². The van der Waals surface area contributed by atoms with Gasteiger partial charge in [-0.2, -0.15) is 0 Å². The molecule has 0 saturated carbocycles. The Hall–Kier alpha value is -2.69. The Morgan fingerprint density at radius 3 is 2.65 bits per heavy atom. The minimum Gasteiger partial charge on any atom is -0.456 e. The van der Waals surface area contributed by atoms with Gasteiger partial charge in [-0.3, -0.25) is 0 Å². The second kappa shape index (κ2) is 7.28. The van der Waals surface area contributed by atoms with Crippen LogP contribution < -0.4 is 0 Å². The van der Waals surface area contributed by atoms with E-state index in [2.05, 4.69) is 4.98 Å². The van der Waals surface area contributed by atoms with Crippen LogP contribution in [0.1, 0.15) is 15.2 Å². The molecule has 0 atom stereocenters. The predicted octanol–water partition coefficient (Wildman–Crippen LogP) is 5.97. The van der Waals surface area contributed by atoms with E-state index in [0.717, 1.165) is 21.3 Å². The van der Waals surface area contributed by atoms with Gasteiger partial charge in [0.1, 0.15) is 6.61 Å². The first-order valence-corrected chi connectivity index (χ1v) is 9.32. The van der Waals surface area contributed by atoms with Crippen molar-refractivity contribution in [3.63, 3.8) is 0 Å². The molecule has 0 spiro atoms. The molecule has 2 aromatic heterocycles. The Labute approximate surface area is 159 Å². The Bertz CT molecular complexity index is 1080. The summed E-state index contributed by atoms with van der Waals surface area (Å²) in [7, 11) is 0. The first-order valence-electron chi connectivity index (χ1n) is 8.06. The maximum atomic E-state index is 12.7. The van der Waals surface area contributed by atoms with E-state index in [-0.39, 0.29) is 12.6 Å². The van der Waals surface area contributed by atoms with Crippen molar-refractivity contribution in [2.75, 3.05) is 0 Å². The number of benzene rings is 2. The SMILES string of the molecule is O=C(OCc1cccs1)c1cc(-c2ccccc2Cl)nc2ccccc12. The van der Waals surface area contributed by atoms with E-state index in [9.17, 15) is 4.79 Å². The molecule has 0 radical (unpaired) electrons. The number of hydrogen-bond donors (Lipinski definition) is 0. The second-order valence-electron chi connectivity index (χ2n) is 5.71. The third kappa shape index (κ3) is 3.34. The molecule has 3 nitrogen and oxygen atoms in total. The number of halogens is 1. The lowest BCUT2D eigenvalue weighted by molar-refractivity contribution is 0.0479. The molecular weight excluding hydrogens is 366 g/mol. The summed E-state index contributed by atoms with van der Waals surface area (Å²) in [6.07, 6.45) is 0. The first kappa shape index (κ1) is 16.8. The van der Waals surface area contributed by atoms with Crippen LogP contribution >= 0.6 is 22.9 Å². The van der Waals surface area contributed by atoms with E-state index in [1.54, 1.807) is 17.4 Å². The predicted molar refractivity (Wildman–Crippen MR) is 106 cm³/mol. The average molecular weight is 380 g/mol. The van der Waals surface area contributed by atoms with Crippen molar-refractivity contribution in [1.82, 2.24) is 4.98 Å². The molecular formula is C21H14ClNO2S. The Balaban J connectivity index is 1.77. The van der Waals surface area contributed by atoms with Crippen LogP contribution in [0.25, 0.3) is 22.2 Å². The Kier molecular flexibility index (Phi) is 4.69. The summed E-state index contributed by atoms with van der Waals surface area (Å²) in [5.74, 6) is -0.370. The van der Waals surface area contributed by atoms with E-state index in [1.807, 2.05) is 66.0 Å². The van der Waals surface area contributed by atoms with Gasteiger partial charge in [0.05, 0.1) is 16.8 Å². The van der Waals surface area contributed by atoms with Gasteiger partial charge in [0, 0.05) is 20.8 Å². The van der Waals surface area contributed by atoms with Crippen LogP contribution in [-0.2, 0) is 11.3 Å². The molecule has 0 fully saturated rings. The van der Waals surface area contributed by atoms with E-state index < -0.39 is 0 Å². The molecule has 26 heavy (non-hydrogen) atoms.